The number of carboxylic acids is 1. The van der Waals surface area contributed by atoms with E-state index in [1.165, 1.54) is 11.1 Å². The molecule has 3 N–H and O–H groups in total. The standard InChI is InChI=1S/C17H19NO3/c18-16(11-21-12-17(19)20)15-8-6-14(7-9-15)10-13-4-2-1-3-5-13/h1-9,16H,10-12,18H2,(H,19,20). The number of rotatable bonds is 7. The lowest BCUT2D eigenvalue weighted by atomic mass is 10.0. The Bertz CT molecular complexity index is 566. The number of carboxylic acid groups (broad SMARTS) is 1. The van der Waals surface area contributed by atoms with Crippen molar-refractivity contribution < 1.29 is 14.6 Å². The Kier molecular flexibility index (Phi) is 5.49. The first-order valence-electron chi connectivity index (χ1n) is 6.83. The third-order valence-electron chi connectivity index (χ3n) is 3.18. The maximum atomic E-state index is 10.4. The predicted octanol–water partition coefficient (Wildman–Crippen LogP) is 2.38. The number of aliphatic carboxylic acids is 1. The monoisotopic (exact) mass is 285 g/mol. The van der Waals surface area contributed by atoms with Crippen molar-refractivity contribution >= 4 is 5.97 Å². The molecule has 1 atom stereocenters. The lowest BCUT2D eigenvalue weighted by Gasteiger charge is -2.12. The lowest BCUT2D eigenvalue weighted by Crippen LogP contribution is -2.19. The molecule has 0 saturated carbocycles. The van der Waals surface area contributed by atoms with E-state index in [1.807, 2.05) is 42.5 Å². The van der Waals surface area contributed by atoms with Crippen LogP contribution in [0.5, 0.6) is 0 Å². The normalized spacial score (nSPS) is 12.0. The SMILES string of the molecule is NC(COCC(=O)O)c1ccc(Cc2ccccc2)cc1. The quantitative estimate of drug-likeness (QED) is 0.819. The highest BCUT2D eigenvalue weighted by atomic mass is 16.5. The van der Waals surface area contributed by atoms with E-state index in [2.05, 4.69) is 12.1 Å². The maximum Gasteiger partial charge on any atom is 0.329 e. The van der Waals surface area contributed by atoms with Gasteiger partial charge in [0.1, 0.15) is 6.61 Å². The molecule has 0 aliphatic rings. The minimum atomic E-state index is -0.986. The van der Waals surface area contributed by atoms with Gasteiger partial charge in [-0.15, -0.1) is 0 Å². The van der Waals surface area contributed by atoms with Gasteiger partial charge in [0, 0.05) is 0 Å². The van der Waals surface area contributed by atoms with Crippen LogP contribution < -0.4 is 5.73 Å². The molecule has 0 aromatic heterocycles. The third-order valence-corrected chi connectivity index (χ3v) is 3.18. The molecule has 0 bridgehead atoms. The van der Waals surface area contributed by atoms with Gasteiger partial charge in [-0.3, -0.25) is 0 Å². The van der Waals surface area contributed by atoms with Crippen LogP contribution in [-0.4, -0.2) is 24.3 Å². The topological polar surface area (TPSA) is 72.5 Å². The van der Waals surface area contributed by atoms with E-state index in [0.717, 1.165) is 12.0 Å². The summed E-state index contributed by atoms with van der Waals surface area (Å²) < 4.78 is 5.01. The molecule has 4 heteroatoms. The molecule has 0 fully saturated rings. The summed E-state index contributed by atoms with van der Waals surface area (Å²) in [6.07, 6.45) is 0.881. The summed E-state index contributed by atoms with van der Waals surface area (Å²) >= 11 is 0. The molecule has 4 nitrogen and oxygen atoms in total. The summed E-state index contributed by atoms with van der Waals surface area (Å²) in [5.41, 5.74) is 9.38. The first kappa shape index (κ1) is 15.2. The van der Waals surface area contributed by atoms with E-state index in [-0.39, 0.29) is 19.3 Å². The number of carbonyl (C=O) groups is 1. The average molecular weight is 285 g/mol. The lowest BCUT2D eigenvalue weighted by molar-refractivity contribution is -0.142. The smallest absolute Gasteiger partial charge is 0.329 e. The van der Waals surface area contributed by atoms with Gasteiger partial charge < -0.3 is 15.6 Å². The van der Waals surface area contributed by atoms with Gasteiger partial charge in [0.05, 0.1) is 12.6 Å². The molecule has 0 amide bonds. The fourth-order valence-corrected chi connectivity index (χ4v) is 2.08. The van der Waals surface area contributed by atoms with E-state index >= 15 is 0 Å². The van der Waals surface area contributed by atoms with Gasteiger partial charge in [0.2, 0.25) is 0 Å². The highest BCUT2D eigenvalue weighted by Gasteiger charge is 2.07. The fraction of sp³-hybridized carbons (Fsp3) is 0.235. The minimum Gasteiger partial charge on any atom is -0.480 e. The van der Waals surface area contributed by atoms with E-state index in [9.17, 15) is 4.79 Å². The zero-order valence-electron chi connectivity index (χ0n) is 11.7. The molecule has 0 saturated heterocycles. The van der Waals surface area contributed by atoms with E-state index in [4.69, 9.17) is 15.6 Å². The summed E-state index contributed by atoms with van der Waals surface area (Å²) in [5, 5.41) is 8.51. The Morgan fingerprint density at radius 1 is 1.05 bits per heavy atom. The molecule has 0 heterocycles. The van der Waals surface area contributed by atoms with Gasteiger partial charge in [0.15, 0.2) is 0 Å². The number of benzene rings is 2. The molecule has 0 spiro atoms. The molecule has 21 heavy (non-hydrogen) atoms. The Morgan fingerprint density at radius 2 is 1.67 bits per heavy atom. The van der Waals surface area contributed by atoms with Crippen LogP contribution in [0.15, 0.2) is 54.6 Å². The number of ether oxygens (including phenoxy) is 1. The van der Waals surface area contributed by atoms with E-state index < -0.39 is 5.97 Å². The molecule has 110 valence electrons. The van der Waals surface area contributed by atoms with Crippen LogP contribution in [0.3, 0.4) is 0 Å². The second-order valence-electron chi connectivity index (χ2n) is 4.92. The van der Waals surface area contributed by atoms with Crippen molar-refractivity contribution in [1.82, 2.24) is 0 Å². The summed E-state index contributed by atoms with van der Waals surface area (Å²) in [6, 6.07) is 18.0. The molecule has 0 aliphatic carbocycles. The van der Waals surface area contributed by atoms with Crippen molar-refractivity contribution in [1.29, 1.82) is 0 Å². The van der Waals surface area contributed by atoms with E-state index in [1.54, 1.807) is 0 Å². The Morgan fingerprint density at radius 3 is 2.29 bits per heavy atom. The van der Waals surface area contributed by atoms with Crippen LogP contribution in [-0.2, 0) is 16.0 Å². The molecule has 2 aromatic carbocycles. The van der Waals surface area contributed by atoms with Crippen LogP contribution in [0, 0.1) is 0 Å². The Balaban J connectivity index is 1.90. The maximum absolute atomic E-state index is 10.4. The Labute approximate surface area is 124 Å². The number of hydrogen-bond acceptors (Lipinski definition) is 3. The zero-order chi connectivity index (χ0) is 15.1. The first-order valence-corrected chi connectivity index (χ1v) is 6.83. The Hall–Kier alpha value is -2.17. The van der Waals surface area contributed by atoms with Crippen molar-refractivity contribution in [3.05, 3.63) is 71.3 Å². The van der Waals surface area contributed by atoms with Gasteiger partial charge in [-0.2, -0.15) is 0 Å². The van der Waals surface area contributed by atoms with Crippen LogP contribution in [0.1, 0.15) is 22.7 Å². The van der Waals surface area contributed by atoms with Crippen molar-refractivity contribution in [2.75, 3.05) is 13.2 Å². The third kappa shape index (κ3) is 5.02. The van der Waals surface area contributed by atoms with Crippen molar-refractivity contribution in [3.8, 4) is 0 Å². The predicted molar refractivity (Wildman–Crippen MR) is 81.1 cm³/mol. The second-order valence-corrected chi connectivity index (χ2v) is 4.92. The zero-order valence-corrected chi connectivity index (χ0v) is 11.7. The molecular formula is C17H19NO3. The van der Waals surface area contributed by atoms with Gasteiger partial charge in [-0.25, -0.2) is 4.79 Å². The molecule has 1 unspecified atom stereocenters. The second kappa shape index (κ2) is 7.57. The van der Waals surface area contributed by atoms with Crippen LogP contribution in [0.25, 0.3) is 0 Å². The van der Waals surface area contributed by atoms with Gasteiger partial charge in [-0.1, -0.05) is 54.6 Å². The summed E-state index contributed by atoms with van der Waals surface area (Å²) in [5.74, 6) is -0.986. The summed E-state index contributed by atoms with van der Waals surface area (Å²) in [4.78, 5) is 10.4. The van der Waals surface area contributed by atoms with Gasteiger partial charge in [-0.05, 0) is 23.1 Å². The molecular weight excluding hydrogens is 266 g/mol. The fourth-order valence-electron chi connectivity index (χ4n) is 2.08. The van der Waals surface area contributed by atoms with Gasteiger partial charge in [0.25, 0.3) is 0 Å². The van der Waals surface area contributed by atoms with Crippen molar-refractivity contribution in [3.63, 3.8) is 0 Å². The van der Waals surface area contributed by atoms with Crippen molar-refractivity contribution in [2.45, 2.75) is 12.5 Å². The molecule has 0 radical (unpaired) electrons. The molecule has 2 aromatic rings. The largest absolute Gasteiger partial charge is 0.480 e. The van der Waals surface area contributed by atoms with Crippen molar-refractivity contribution in [2.24, 2.45) is 5.73 Å². The number of hydrogen-bond donors (Lipinski definition) is 2. The first-order chi connectivity index (χ1) is 10.1. The van der Waals surface area contributed by atoms with Gasteiger partial charge >= 0.3 is 5.97 Å². The summed E-state index contributed by atoms with van der Waals surface area (Å²) in [7, 11) is 0. The molecule has 2 rings (SSSR count). The van der Waals surface area contributed by atoms with Crippen LogP contribution in [0.4, 0.5) is 0 Å². The summed E-state index contributed by atoms with van der Waals surface area (Å²) in [6.45, 7) is -0.121. The average Bonchev–Trinajstić information content (AvgIpc) is 2.48. The number of nitrogens with two attached hydrogens (primary N) is 1. The highest BCUT2D eigenvalue weighted by Crippen LogP contribution is 2.15. The molecule has 0 aliphatic heterocycles. The minimum absolute atomic E-state index is 0.199. The highest BCUT2D eigenvalue weighted by molar-refractivity contribution is 5.67. The van der Waals surface area contributed by atoms with E-state index in [0.29, 0.717) is 0 Å². The van der Waals surface area contributed by atoms with Crippen LogP contribution in [0.2, 0.25) is 0 Å². The van der Waals surface area contributed by atoms with Crippen LogP contribution >= 0.6 is 0 Å².